The number of carboxylic acid groups (broad SMARTS) is 1. The molecule has 0 bridgehead atoms. The number of unbranched alkanes of at least 4 members (excludes halogenated alkanes) is 1. The minimum absolute atomic E-state index is 0.350. The smallest absolute Gasteiger partial charge is 0.330 e. The van der Waals surface area contributed by atoms with E-state index in [1.54, 1.807) is 0 Å². The Balaban J connectivity index is 0.000000423. The van der Waals surface area contributed by atoms with Crippen LogP contribution in [0.3, 0.4) is 0 Å². The third-order valence-electron chi connectivity index (χ3n) is 3.42. The van der Waals surface area contributed by atoms with Crippen LogP contribution in [0.2, 0.25) is 0 Å². The summed E-state index contributed by atoms with van der Waals surface area (Å²) in [7, 11) is 0. The number of hydrogen-bond donors (Lipinski definition) is 1. The van der Waals surface area contributed by atoms with Crippen molar-refractivity contribution in [2.75, 3.05) is 0 Å². The van der Waals surface area contributed by atoms with Crippen molar-refractivity contribution in [1.29, 1.82) is 0 Å². The Kier molecular flexibility index (Phi) is 10.9. The summed E-state index contributed by atoms with van der Waals surface area (Å²) in [5.41, 5.74) is 1.52. The summed E-state index contributed by atoms with van der Waals surface area (Å²) in [6.07, 6.45) is 7.01. The maximum Gasteiger partial charge on any atom is 0.330 e. The Morgan fingerprint density at radius 3 is 2.29 bits per heavy atom. The lowest BCUT2D eigenvalue weighted by molar-refractivity contribution is -0.132. The Hall–Kier alpha value is -1.83. The molecule has 0 saturated heterocycles. The summed E-state index contributed by atoms with van der Waals surface area (Å²) >= 11 is 0. The van der Waals surface area contributed by atoms with E-state index in [0.717, 1.165) is 12.8 Å². The van der Waals surface area contributed by atoms with Crippen LogP contribution in [0.5, 0.6) is 0 Å². The zero-order valence-corrected chi connectivity index (χ0v) is 13.3. The lowest BCUT2D eigenvalue weighted by Crippen LogP contribution is -2.06. The van der Waals surface area contributed by atoms with Gasteiger partial charge in [-0.2, -0.15) is 0 Å². The van der Waals surface area contributed by atoms with E-state index in [1.165, 1.54) is 18.4 Å². The van der Waals surface area contributed by atoms with Gasteiger partial charge in [0.1, 0.15) is 0 Å². The van der Waals surface area contributed by atoms with Gasteiger partial charge in [0.2, 0.25) is 0 Å². The Morgan fingerprint density at radius 1 is 1.29 bits per heavy atom. The largest absolute Gasteiger partial charge is 0.478 e. The molecule has 2 heteroatoms. The van der Waals surface area contributed by atoms with E-state index >= 15 is 0 Å². The van der Waals surface area contributed by atoms with E-state index in [4.69, 9.17) is 5.11 Å². The molecule has 0 aliphatic heterocycles. The summed E-state index contributed by atoms with van der Waals surface area (Å²) < 4.78 is 0. The van der Waals surface area contributed by atoms with Gasteiger partial charge in [0.15, 0.2) is 0 Å². The highest BCUT2D eigenvalue weighted by molar-refractivity contribution is 5.85. The first kappa shape index (κ1) is 19.2. The lowest BCUT2D eigenvalue weighted by atomic mass is 9.92. The number of carboxylic acids is 1. The van der Waals surface area contributed by atoms with Crippen molar-refractivity contribution in [1.82, 2.24) is 0 Å². The third kappa shape index (κ3) is 9.67. The van der Waals surface area contributed by atoms with Gasteiger partial charge in [0, 0.05) is 5.57 Å². The molecular formula is C19H28O2. The molecular weight excluding hydrogens is 260 g/mol. The average Bonchev–Trinajstić information content (AvgIpc) is 2.52. The molecule has 0 aromatic heterocycles. The minimum atomic E-state index is -0.852. The first-order valence-electron chi connectivity index (χ1n) is 7.63. The summed E-state index contributed by atoms with van der Waals surface area (Å²) in [6, 6.07) is 10.0. The second kappa shape index (κ2) is 12.0. The maximum atomic E-state index is 10.5. The molecule has 0 amide bonds. The number of benzene rings is 1. The van der Waals surface area contributed by atoms with Crippen molar-refractivity contribution in [3.05, 3.63) is 54.6 Å². The van der Waals surface area contributed by atoms with Crippen molar-refractivity contribution in [3.8, 4) is 0 Å². The van der Waals surface area contributed by atoms with Crippen molar-refractivity contribution in [3.63, 3.8) is 0 Å². The van der Waals surface area contributed by atoms with Crippen LogP contribution in [-0.2, 0) is 4.79 Å². The highest BCUT2D eigenvalue weighted by atomic mass is 16.4. The number of aliphatic carboxylic acids is 1. The third-order valence-corrected chi connectivity index (χ3v) is 3.42. The average molecular weight is 288 g/mol. The second-order valence-electron chi connectivity index (χ2n) is 5.14. The van der Waals surface area contributed by atoms with E-state index in [1.807, 2.05) is 36.4 Å². The fraction of sp³-hybridized carbons (Fsp3) is 0.421. The predicted molar refractivity (Wildman–Crippen MR) is 91.2 cm³/mol. The molecule has 1 N–H and O–H groups in total. The van der Waals surface area contributed by atoms with Gasteiger partial charge in [-0.15, -0.1) is 0 Å². The molecule has 21 heavy (non-hydrogen) atoms. The van der Waals surface area contributed by atoms with Crippen LogP contribution >= 0.6 is 0 Å². The van der Waals surface area contributed by atoms with Gasteiger partial charge in [-0.3, -0.25) is 0 Å². The molecule has 1 aromatic carbocycles. The quantitative estimate of drug-likeness (QED) is 0.635. The molecule has 2 nitrogen and oxygen atoms in total. The Labute approximate surface area is 129 Å². The molecule has 116 valence electrons. The molecule has 0 spiro atoms. The van der Waals surface area contributed by atoms with Crippen molar-refractivity contribution in [2.45, 2.75) is 46.0 Å². The van der Waals surface area contributed by atoms with Gasteiger partial charge in [0.05, 0.1) is 0 Å². The van der Waals surface area contributed by atoms with Crippen LogP contribution in [0.25, 0.3) is 6.08 Å². The summed E-state index contributed by atoms with van der Waals surface area (Å²) in [5.74, 6) is -0.349. The summed E-state index contributed by atoms with van der Waals surface area (Å²) in [5, 5.41) is 8.65. The van der Waals surface area contributed by atoms with E-state index in [0.29, 0.717) is 17.9 Å². The van der Waals surface area contributed by atoms with Crippen LogP contribution in [-0.4, -0.2) is 11.1 Å². The van der Waals surface area contributed by atoms with Crippen LogP contribution < -0.4 is 0 Å². The van der Waals surface area contributed by atoms with Crippen molar-refractivity contribution in [2.24, 2.45) is 5.92 Å². The fourth-order valence-electron chi connectivity index (χ4n) is 1.97. The molecule has 1 aromatic rings. The predicted octanol–water partition coefficient (Wildman–Crippen LogP) is 5.56. The topological polar surface area (TPSA) is 37.3 Å². The normalized spacial score (nSPS) is 11.0. The van der Waals surface area contributed by atoms with E-state index < -0.39 is 5.97 Å². The molecule has 0 aliphatic carbocycles. The highest BCUT2D eigenvalue weighted by Gasteiger charge is 2.11. The molecule has 1 rings (SSSR count). The van der Waals surface area contributed by atoms with Crippen LogP contribution in [0.4, 0.5) is 0 Å². The maximum absolute atomic E-state index is 10.5. The molecule has 0 heterocycles. The van der Waals surface area contributed by atoms with E-state index in [-0.39, 0.29) is 0 Å². The van der Waals surface area contributed by atoms with Gasteiger partial charge in [-0.05, 0) is 17.9 Å². The molecule has 1 atom stereocenters. The Morgan fingerprint density at radius 2 is 1.90 bits per heavy atom. The minimum Gasteiger partial charge on any atom is -0.478 e. The Bertz CT molecular complexity index is 420. The van der Waals surface area contributed by atoms with Crippen LogP contribution in [0.1, 0.15) is 51.5 Å². The summed E-state index contributed by atoms with van der Waals surface area (Å²) in [6.45, 7) is 11.4. The van der Waals surface area contributed by atoms with Gasteiger partial charge in [-0.25, -0.2) is 4.79 Å². The first-order chi connectivity index (χ1) is 10.0. The van der Waals surface area contributed by atoms with Crippen LogP contribution in [0.15, 0.2) is 49.1 Å². The molecule has 0 aliphatic rings. The standard InChI is InChI=1S/C11H20O2.C8H8/c1-4-6-7-10(5-2)8-9(3)11(12)13;1-2-8-6-4-3-5-7-8/h10H,3-8H2,1-2H3,(H,12,13);2-7H,1H2. The lowest BCUT2D eigenvalue weighted by Gasteiger charge is -2.13. The van der Waals surface area contributed by atoms with Gasteiger partial charge < -0.3 is 5.11 Å². The van der Waals surface area contributed by atoms with Crippen molar-refractivity contribution < 1.29 is 9.90 Å². The number of carbonyl (C=O) groups is 1. The summed E-state index contributed by atoms with van der Waals surface area (Å²) in [4.78, 5) is 10.5. The van der Waals surface area contributed by atoms with E-state index in [2.05, 4.69) is 27.0 Å². The monoisotopic (exact) mass is 288 g/mol. The van der Waals surface area contributed by atoms with E-state index in [9.17, 15) is 4.79 Å². The molecule has 0 fully saturated rings. The van der Waals surface area contributed by atoms with Crippen LogP contribution in [0, 0.1) is 5.92 Å². The van der Waals surface area contributed by atoms with Gasteiger partial charge in [-0.1, -0.05) is 89.1 Å². The fourth-order valence-corrected chi connectivity index (χ4v) is 1.97. The van der Waals surface area contributed by atoms with Crippen molar-refractivity contribution >= 4 is 12.0 Å². The molecule has 0 saturated carbocycles. The highest BCUT2D eigenvalue weighted by Crippen LogP contribution is 2.20. The number of rotatable bonds is 8. The first-order valence-corrected chi connectivity index (χ1v) is 7.63. The number of hydrogen-bond acceptors (Lipinski definition) is 1. The molecule has 1 unspecified atom stereocenters. The van der Waals surface area contributed by atoms with Gasteiger partial charge in [0.25, 0.3) is 0 Å². The molecule has 0 radical (unpaired) electrons. The SMILES string of the molecule is C=C(CC(CC)CCCC)C(=O)O.C=Cc1ccccc1. The second-order valence-corrected chi connectivity index (χ2v) is 5.14. The zero-order chi connectivity index (χ0) is 16.1. The zero-order valence-electron chi connectivity index (χ0n) is 13.3. The van der Waals surface area contributed by atoms with Gasteiger partial charge >= 0.3 is 5.97 Å².